The number of amides is 2. The summed E-state index contributed by atoms with van der Waals surface area (Å²) in [5, 5.41) is 5.19. The zero-order chi connectivity index (χ0) is 13.2. The number of nitrogens with zero attached hydrogens (tertiary/aromatic N) is 1. The molecule has 4 nitrogen and oxygen atoms in total. The zero-order valence-corrected chi connectivity index (χ0v) is 12.0. The maximum atomic E-state index is 12.3. The van der Waals surface area contributed by atoms with E-state index in [-0.39, 0.29) is 18.2 Å². The monoisotopic (exact) mass is 280 g/mol. The number of fused-ring (bicyclic) bond motifs is 1. The van der Waals surface area contributed by atoms with Gasteiger partial charge in [0.1, 0.15) is 0 Å². The van der Waals surface area contributed by atoms with E-state index in [1.54, 1.807) is 11.3 Å². The molecular formula is C14H20N2O2S. The average molecular weight is 280 g/mol. The molecule has 1 aromatic rings. The summed E-state index contributed by atoms with van der Waals surface area (Å²) in [7, 11) is 0. The zero-order valence-electron chi connectivity index (χ0n) is 11.2. The normalized spacial score (nSPS) is 24.1. The molecule has 0 aliphatic carbocycles. The van der Waals surface area contributed by atoms with E-state index in [1.807, 2.05) is 11.8 Å². The second-order valence-electron chi connectivity index (χ2n) is 5.33. The fourth-order valence-corrected chi connectivity index (χ4v) is 3.69. The van der Waals surface area contributed by atoms with Gasteiger partial charge in [-0.3, -0.25) is 0 Å². The maximum Gasteiger partial charge on any atom is 0.318 e. The second-order valence-corrected chi connectivity index (χ2v) is 6.33. The number of thiophene rings is 1. The van der Waals surface area contributed by atoms with Crippen molar-refractivity contribution in [2.75, 3.05) is 13.2 Å². The summed E-state index contributed by atoms with van der Waals surface area (Å²) in [6.45, 7) is 4.42. The minimum Gasteiger partial charge on any atom is -0.376 e. The molecule has 104 valence electrons. The highest BCUT2D eigenvalue weighted by Gasteiger charge is 2.27. The molecule has 19 heavy (non-hydrogen) atoms. The Balaban J connectivity index is 1.56. The van der Waals surface area contributed by atoms with E-state index in [4.69, 9.17) is 4.74 Å². The highest BCUT2D eigenvalue weighted by atomic mass is 32.1. The molecule has 2 amide bonds. The van der Waals surface area contributed by atoms with Crippen LogP contribution in [-0.2, 0) is 17.7 Å². The van der Waals surface area contributed by atoms with Gasteiger partial charge in [-0.15, -0.1) is 11.3 Å². The van der Waals surface area contributed by atoms with Gasteiger partial charge in [0.25, 0.3) is 0 Å². The van der Waals surface area contributed by atoms with Crippen molar-refractivity contribution in [3.63, 3.8) is 0 Å². The summed E-state index contributed by atoms with van der Waals surface area (Å²) in [5.41, 5.74) is 1.30. The second kappa shape index (κ2) is 5.51. The first-order valence-electron chi connectivity index (χ1n) is 6.96. The van der Waals surface area contributed by atoms with Gasteiger partial charge in [-0.05, 0) is 43.2 Å². The van der Waals surface area contributed by atoms with Gasteiger partial charge >= 0.3 is 6.03 Å². The fourth-order valence-electron chi connectivity index (χ4n) is 2.80. The van der Waals surface area contributed by atoms with Gasteiger partial charge < -0.3 is 15.0 Å². The summed E-state index contributed by atoms with van der Waals surface area (Å²) >= 11 is 1.80. The Labute approximate surface area is 117 Å². The number of hydrogen-bond donors (Lipinski definition) is 1. The fraction of sp³-hybridized carbons (Fsp3) is 0.643. The Kier molecular flexibility index (Phi) is 3.75. The van der Waals surface area contributed by atoms with Crippen LogP contribution in [0, 0.1) is 0 Å². The van der Waals surface area contributed by atoms with Gasteiger partial charge in [0.05, 0.1) is 12.1 Å². The first kappa shape index (κ1) is 12.9. The standard InChI is InChI=1S/C14H20N2O2S/c1-10(12-3-2-7-18-12)15-14(17)16-6-4-13-11(9-16)5-8-19-13/h5,8,10,12H,2-4,6-7,9H2,1H3,(H,15,17)/t10-,12+/m1/s1. The third-order valence-electron chi connectivity index (χ3n) is 3.97. The highest BCUT2D eigenvalue weighted by molar-refractivity contribution is 7.10. The van der Waals surface area contributed by atoms with E-state index >= 15 is 0 Å². The molecule has 2 aliphatic rings. The summed E-state index contributed by atoms with van der Waals surface area (Å²) in [4.78, 5) is 15.6. The van der Waals surface area contributed by atoms with Crippen molar-refractivity contribution in [1.29, 1.82) is 0 Å². The third kappa shape index (κ3) is 2.77. The predicted octanol–water partition coefficient (Wildman–Crippen LogP) is 2.38. The van der Waals surface area contributed by atoms with Gasteiger partial charge in [-0.1, -0.05) is 0 Å². The lowest BCUT2D eigenvalue weighted by Gasteiger charge is -2.29. The maximum absolute atomic E-state index is 12.3. The Morgan fingerprint density at radius 1 is 1.63 bits per heavy atom. The minimum absolute atomic E-state index is 0.0415. The summed E-state index contributed by atoms with van der Waals surface area (Å²) in [6, 6.07) is 2.27. The molecule has 3 rings (SSSR count). The van der Waals surface area contributed by atoms with Crippen molar-refractivity contribution in [3.05, 3.63) is 21.9 Å². The minimum atomic E-state index is 0.0415. The van der Waals surface area contributed by atoms with Crippen LogP contribution < -0.4 is 5.32 Å². The number of hydrogen-bond acceptors (Lipinski definition) is 3. The van der Waals surface area contributed by atoms with Crippen LogP contribution in [0.5, 0.6) is 0 Å². The number of carbonyl (C=O) groups excluding carboxylic acids is 1. The van der Waals surface area contributed by atoms with Gasteiger partial charge in [0.2, 0.25) is 0 Å². The summed E-state index contributed by atoms with van der Waals surface area (Å²) < 4.78 is 5.62. The van der Waals surface area contributed by atoms with Crippen LogP contribution >= 0.6 is 11.3 Å². The SMILES string of the molecule is C[C@@H](NC(=O)N1CCc2sccc2C1)[C@@H]1CCCO1. The van der Waals surface area contributed by atoms with Crippen molar-refractivity contribution in [2.24, 2.45) is 0 Å². The summed E-state index contributed by atoms with van der Waals surface area (Å²) in [6.07, 6.45) is 3.32. The third-order valence-corrected chi connectivity index (χ3v) is 4.99. The van der Waals surface area contributed by atoms with Gasteiger partial charge in [0, 0.05) is 24.6 Å². The van der Waals surface area contributed by atoms with E-state index in [0.717, 1.165) is 39.0 Å². The largest absolute Gasteiger partial charge is 0.376 e. The number of urea groups is 1. The number of nitrogens with one attached hydrogen (secondary N) is 1. The van der Waals surface area contributed by atoms with E-state index < -0.39 is 0 Å². The molecule has 1 N–H and O–H groups in total. The Morgan fingerprint density at radius 3 is 3.32 bits per heavy atom. The molecule has 2 atom stereocenters. The van der Waals surface area contributed by atoms with Crippen LogP contribution in [-0.4, -0.2) is 36.2 Å². The lowest BCUT2D eigenvalue weighted by atomic mass is 10.1. The smallest absolute Gasteiger partial charge is 0.318 e. The number of carbonyl (C=O) groups is 1. The molecule has 1 fully saturated rings. The van der Waals surface area contributed by atoms with E-state index in [2.05, 4.69) is 16.8 Å². The van der Waals surface area contributed by atoms with Crippen LogP contribution in [0.4, 0.5) is 4.79 Å². The predicted molar refractivity (Wildman–Crippen MR) is 75.4 cm³/mol. The summed E-state index contributed by atoms with van der Waals surface area (Å²) in [5.74, 6) is 0. The van der Waals surface area contributed by atoms with E-state index in [9.17, 15) is 4.79 Å². The topological polar surface area (TPSA) is 41.6 Å². The molecule has 1 saturated heterocycles. The Bertz CT molecular complexity index is 454. The Hall–Kier alpha value is -1.07. The number of ether oxygens (including phenoxy) is 1. The van der Waals surface area contributed by atoms with Crippen LogP contribution in [0.25, 0.3) is 0 Å². The van der Waals surface area contributed by atoms with Gasteiger partial charge in [-0.2, -0.15) is 0 Å². The molecule has 5 heteroatoms. The van der Waals surface area contributed by atoms with Crippen LogP contribution in [0.2, 0.25) is 0 Å². The lowest BCUT2D eigenvalue weighted by Crippen LogP contribution is -2.49. The highest BCUT2D eigenvalue weighted by Crippen LogP contribution is 2.24. The van der Waals surface area contributed by atoms with Crippen molar-refractivity contribution in [1.82, 2.24) is 10.2 Å². The van der Waals surface area contributed by atoms with Crippen molar-refractivity contribution >= 4 is 17.4 Å². The first-order chi connectivity index (χ1) is 9.24. The molecule has 0 aromatic carbocycles. The number of rotatable bonds is 2. The molecular weight excluding hydrogens is 260 g/mol. The molecule has 0 radical (unpaired) electrons. The molecule has 0 spiro atoms. The Morgan fingerprint density at radius 2 is 2.53 bits per heavy atom. The molecule has 0 bridgehead atoms. The van der Waals surface area contributed by atoms with Crippen LogP contribution in [0.3, 0.4) is 0 Å². The molecule has 0 unspecified atom stereocenters. The molecule has 3 heterocycles. The van der Waals surface area contributed by atoms with E-state index in [0.29, 0.717) is 0 Å². The van der Waals surface area contributed by atoms with Crippen molar-refractivity contribution < 1.29 is 9.53 Å². The van der Waals surface area contributed by atoms with Gasteiger partial charge in [-0.25, -0.2) is 4.79 Å². The lowest BCUT2D eigenvalue weighted by molar-refractivity contribution is 0.0829. The molecule has 0 saturated carbocycles. The van der Waals surface area contributed by atoms with Gasteiger partial charge in [0.15, 0.2) is 0 Å². The van der Waals surface area contributed by atoms with E-state index in [1.165, 1.54) is 10.4 Å². The van der Waals surface area contributed by atoms with Crippen molar-refractivity contribution in [3.8, 4) is 0 Å². The first-order valence-corrected chi connectivity index (χ1v) is 7.84. The van der Waals surface area contributed by atoms with Crippen molar-refractivity contribution in [2.45, 2.75) is 44.9 Å². The molecule has 1 aromatic heterocycles. The average Bonchev–Trinajstić information content (AvgIpc) is 3.09. The van der Waals surface area contributed by atoms with Crippen LogP contribution in [0.15, 0.2) is 11.4 Å². The van der Waals surface area contributed by atoms with Crippen LogP contribution in [0.1, 0.15) is 30.2 Å². The molecule has 2 aliphatic heterocycles. The quantitative estimate of drug-likeness (QED) is 0.903.